The molecule has 0 bridgehead atoms. The number of aryl methyl sites for hydroxylation is 4. The van der Waals surface area contributed by atoms with Gasteiger partial charge in [0.15, 0.2) is 0 Å². The molecule has 0 atom stereocenters. The van der Waals surface area contributed by atoms with Crippen molar-refractivity contribution in [3.8, 4) is 16.9 Å². The van der Waals surface area contributed by atoms with E-state index in [0.29, 0.717) is 33.7 Å². The third kappa shape index (κ3) is 5.12. The van der Waals surface area contributed by atoms with E-state index < -0.39 is 11.9 Å². The first kappa shape index (κ1) is 27.2. The Morgan fingerprint density at radius 1 is 1.03 bits per heavy atom. The number of halogens is 1. The molecule has 0 saturated heterocycles. The Hall–Kier alpha value is -3.82. The van der Waals surface area contributed by atoms with Gasteiger partial charge in [0.25, 0.3) is 0 Å². The molecule has 9 nitrogen and oxygen atoms in total. The summed E-state index contributed by atoms with van der Waals surface area (Å²) < 4.78 is 19.4. The van der Waals surface area contributed by atoms with Crippen LogP contribution in [0, 0.1) is 6.92 Å². The maximum absolute atomic E-state index is 12.3. The molecule has 0 spiro atoms. The predicted octanol–water partition coefficient (Wildman–Crippen LogP) is 5.07. The van der Waals surface area contributed by atoms with E-state index in [-0.39, 0.29) is 25.1 Å². The van der Waals surface area contributed by atoms with Crippen molar-refractivity contribution in [3.63, 3.8) is 0 Å². The summed E-state index contributed by atoms with van der Waals surface area (Å²) in [6.07, 6.45) is 0.279. The van der Waals surface area contributed by atoms with Crippen molar-refractivity contribution >= 4 is 34.4 Å². The zero-order chi connectivity index (χ0) is 27.6. The summed E-state index contributed by atoms with van der Waals surface area (Å²) in [6.45, 7) is 2.53. The van der Waals surface area contributed by atoms with Crippen LogP contribution in [0.5, 0.6) is 5.75 Å². The highest BCUT2D eigenvalue weighted by Crippen LogP contribution is 2.42. The van der Waals surface area contributed by atoms with Crippen LogP contribution in [0.25, 0.3) is 22.0 Å². The van der Waals surface area contributed by atoms with Gasteiger partial charge in [-0.05, 0) is 42.7 Å². The minimum absolute atomic E-state index is 0.0597. The average Bonchev–Trinajstić information content (AvgIpc) is 3.34. The Balaban J connectivity index is 1.78. The number of hydrogen-bond donors (Lipinski definition) is 1. The van der Waals surface area contributed by atoms with Crippen LogP contribution >= 0.6 is 11.6 Å². The van der Waals surface area contributed by atoms with Crippen LogP contribution in [0.4, 0.5) is 0 Å². The van der Waals surface area contributed by atoms with Crippen molar-refractivity contribution in [3.05, 3.63) is 69.6 Å². The van der Waals surface area contributed by atoms with Crippen molar-refractivity contribution in [2.75, 3.05) is 14.2 Å². The molecule has 10 heteroatoms. The van der Waals surface area contributed by atoms with Crippen molar-refractivity contribution in [1.82, 2.24) is 14.3 Å². The van der Waals surface area contributed by atoms with Crippen molar-refractivity contribution < 1.29 is 28.9 Å². The molecule has 0 aliphatic heterocycles. The molecule has 4 aromatic rings. The number of aromatic nitrogens is 3. The fourth-order valence-corrected chi connectivity index (χ4v) is 5.12. The van der Waals surface area contributed by atoms with E-state index in [1.807, 2.05) is 38.2 Å². The number of benzene rings is 2. The number of carboxylic acid groups (broad SMARTS) is 1. The van der Waals surface area contributed by atoms with E-state index in [4.69, 9.17) is 25.8 Å². The standard InChI is InChI=1S/C28H30ClN3O6/c1-16-24(22(32(3)30-16)15-38-14-17-6-8-18(36-4)9-7-17)25-21(29)12-10-19-20(11-13-23(33)37-5)27(28(34)35)31(2)26(19)25/h6-10,12H,11,13-15H2,1-5H3,(H,34,35). The van der Waals surface area contributed by atoms with E-state index in [2.05, 4.69) is 5.10 Å². The van der Waals surface area contributed by atoms with Crippen LogP contribution in [-0.2, 0) is 48.0 Å². The summed E-state index contributed by atoms with van der Waals surface area (Å²) in [7, 11) is 6.47. The predicted molar refractivity (Wildman–Crippen MR) is 144 cm³/mol. The summed E-state index contributed by atoms with van der Waals surface area (Å²) in [5, 5.41) is 15.9. The molecule has 0 fully saturated rings. The van der Waals surface area contributed by atoms with Gasteiger partial charge in [-0.3, -0.25) is 9.48 Å². The van der Waals surface area contributed by atoms with Gasteiger partial charge < -0.3 is 23.9 Å². The van der Waals surface area contributed by atoms with E-state index >= 15 is 0 Å². The quantitative estimate of drug-likeness (QED) is 0.280. The highest BCUT2D eigenvalue weighted by molar-refractivity contribution is 6.35. The van der Waals surface area contributed by atoms with E-state index in [1.165, 1.54) is 7.11 Å². The molecule has 2 aromatic carbocycles. The Bertz CT molecular complexity index is 1500. The van der Waals surface area contributed by atoms with Gasteiger partial charge in [-0.25, -0.2) is 4.79 Å². The maximum atomic E-state index is 12.3. The third-order valence-electron chi connectivity index (χ3n) is 6.68. The normalized spacial score (nSPS) is 11.2. The molecule has 1 N–H and O–H groups in total. The lowest BCUT2D eigenvalue weighted by atomic mass is 9.98. The van der Waals surface area contributed by atoms with Gasteiger partial charge in [-0.1, -0.05) is 29.8 Å². The second-order valence-electron chi connectivity index (χ2n) is 8.96. The van der Waals surface area contributed by atoms with Crippen LogP contribution in [-0.4, -0.2) is 45.6 Å². The first-order valence-corrected chi connectivity index (χ1v) is 12.4. The summed E-state index contributed by atoms with van der Waals surface area (Å²) in [5.41, 5.74) is 5.31. The largest absolute Gasteiger partial charge is 0.497 e. The average molecular weight is 540 g/mol. The van der Waals surface area contributed by atoms with Gasteiger partial charge in [-0.15, -0.1) is 0 Å². The van der Waals surface area contributed by atoms with Gasteiger partial charge in [0, 0.05) is 37.0 Å². The number of carbonyl (C=O) groups is 2. The SMILES string of the molecule is COC(=O)CCc1c(C(=O)O)n(C)c2c(-c3c(C)nn(C)c3COCc3ccc(OC)cc3)c(Cl)ccc12. The van der Waals surface area contributed by atoms with Crippen LogP contribution < -0.4 is 4.74 Å². The number of nitrogens with zero attached hydrogens (tertiary/aromatic N) is 3. The summed E-state index contributed by atoms with van der Waals surface area (Å²) in [5.74, 6) is -0.723. The molecule has 0 radical (unpaired) electrons. The van der Waals surface area contributed by atoms with Crippen LogP contribution in [0.2, 0.25) is 5.02 Å². The van der Waals surface area contributed by atoms with Gasteiger partial charge >= 0.3 is 11.9 Å². The minimum Gasteiger partial charge on any atom is -0.497 e. The van der Waals surface area contributed by atoms with E-state index in [9.17, 15) is 14.7 Å². The Morgan fingerprint density at radius 2 is 1.74 bits per heavy atom. The number of fused-ring (bicyclic) bond motifs is 1. The summed E-state index contributed by atoms with van der Waals surface area (Å²) in [4.78, 5) is 24.1. The summed E-state index contributed by atoms with van der Waals surface area (Å²) in [6, 6.07) is 11.2. The van der Waals surface area contributed by atoms with Crippen molar-refractivity contribution in [2.24, 2.45) is 14.1 Å². The molecular formula is C28H30ClN3O6. The molecule has 0 aliphatic carbocycles. The number of carboxylic acids is 1. The first-order chi connectivity index (χ1) is 18.2. The first-order valence-electron chi connectivity index (χ1n) is 12.0. The Morgan fingerprint density at radius 3 is 2.37 bits per heavy atom. The lowest BCUT2D eigenvalue weighted by Gasteiger charge is -2.13. The lowest BCUT2D eigenvalue weighted by molar-refractivity contribution is -0.140. The number of rotatable bonds is 10. The number of methoxy groups -OCH3 is 2. The van der Waals surface area contributed by atoms with Crippen molar-refractivity contribution in [1.29, 1.82) is 0 Å². The third-order valence-corrected chi connectivity index (χ3v) is 6.99. The topological polar surface area (TPSA) is 105 Å². The van der Waals surface area contributed by atoms with E-state index in [1.54, 1.807) is 35.5 Å². The maximum Gasteiger partial charge on any atom is 0.352 e. The van der Waals surface area contributed by atoms with Gasteiger partial charge in [0.05, 0.1) is 49.4 Å². The highest BCUT2D eigenvalue weighted by Gasteiger charge is 2.27. The number of hydrogen-bond acceptors (Lipinski definition) is 6. The zero-order valence-electron chi connectivity index (χ0n) is 22.0. The highest BCUT2D eigenvalue weighted by atomic mass is 35.5. The van der Waals surface area contributed by atoms with E-state index in [0.717, 1.165) is 28.3 Å². The molecule has 38 heavy (non-hydrogen) atoms. The Labute approximate surface area is 225 Å². The van der Waals surface area contributed by atoms with Crippen LogP contribution in [0.3, 0.4) is 0 Å². The molecule has 2 aromatic heterocycles. The van der Waals surface area contributed by atoms with Crippen molar-refractivity contribution in [2.45, 2.75) is 33.0 Å². The van der Waals surface area contributed by atoms with Crippen LogP contribution in [0.15, 0.2) is 36.4 Å². The fourth-order valence-electron chi connectivity index (χ4n) is 4.88. The molecule has 0 unspecified atom stereocenters. The molecule has 200 valence electrons. The molecular weight excluding hydrogens is 510 g/mol. The number of esters is 1. The summed E-state index contributed by atoms with van der Waals surface area (Å²) >= 11 is 6.79. The fraction of sp³-hybridized carbons (Fsp3) is 0.321. The zero-order valence-corrected chi connectivity index (χ0v) is 22.8. The number of carbonyl (C=O) groups excluding carboxylic acids is 1. The second-order valence-corrected chi connectivity index (χ2v) is 9.36. The molecule has 0 aliphatic rings. The molecule has 2 heterocycles. The Kier molecular flexibility index (Phi) is 8.08. The van der Waals surface area contributed by atoms with Crippen LogP contribution in [0.1, 0.15) is 39.4 Å². The minimum atomic E-state index is -1.09. The van der Waals surface area contributed by atoms with Gasteiger partial charge in [0.1, 0.15) is 11.4 Å². The monoisotopic (exact) mass is 539 g/mol. The lowest BCUT2D eigenvalue weighted by Crippen LogP contribution is -2.09. The number of aromatic carboxylic acids is 1. The molecule has 0 amide bonds. The second kappa shape index (κ2) is 11.3. The van der Waals surface area contributed by atoms with Gasteiger partial charge in [0.2, 0.25) is 0 Å². The molecule has 0 saturated carbocycles. The number of ether oxygens (including phenoxy) is 3. The molecule has 4 rings (SSSR count). The smallest absolute Gasteiger partial charge is 0.352 e. The van der Waals surface area contributed by atoms with Gasteiger partial charge in [-0.2, -0.15) is 5.10 Å².